The van der Waals surface area contributed by atoms with Gasteiger partial charge in [0, 0.05) is 18.8 Å². The molecule has 1 atom stereocenters. The van der Waals surface area contributed by atoms with Gasteiger partial charge < -0.3 is 15.0 Å². The summed E-state index contributed by atoms with van der Waals surface area (Å²) in [5.41, 5.74) is 0.496. The number of carbonyl (C=O) groups is 1. The second-order valence-electron chi connectivity index (χ2n) is 6.46. The van der Waals surface area contributed by atoms with E-state index in [2.05, 4.69) is 10.3 Å². The molecular weight excluding hydrogens is 362 g/mol. The van der Waals surface area contributed by atoms with Gasteiger partial charge in [0.2, 0.25) is 0 Å². The number of aromatic nitrogens is 1. The first-order valence-electron chi connectivity index (χ1n) is 8.18. The number of anilines is 1. The molecule has 0 spiro atoms. The number of nitrogens with one attached hydrogen (secondary N) is 1. The molecule has 7 nitrogen and oxygen atoms in total. The number of hydrogen-bond donors (Lipinski definition) is 1. The molecular formula is C16H19N3O4S2. The standard InChI is InChI=1S/C16H19N3O4S2/c1-25(21,22)13-4-2-3-12-14(13)18-16(24-12)19-7-8-23-11(9-19)15(20)17-10-5-6-10/h2-4,10-11H,5-9H2,1H3,(H,17,20). The number of para-hydroxylation sites is 1. The van der Waals surface area contributed by atoms with Crippen molar-refractivity contribution in [1.82, 2.24) is 10.3 Å². The third kappa shape index (κ3) is 3.49. The number of nitrogens with zero attached hydrogens (tertiary/aromatic N) is 2. The van der Waals surface area contributed by atoms with E-state index in [-0.39, 0.29) is 10.8 Å². The first kappa shape index (κ1) is 16.7. The van der Waals surface area contributed by atoms with Gasteiger partial charge in [0.05, 0.1) is 22.7 Å². The summed E-state index contributed by atoms with van der Waals surface area (Å²) in [6, 6.07) is 5.47. The van der Waals surface area contributed by atoms with Gasteiger partial charge in [-0.25, -0.2) is 13.4 Å². The molecule has 4 rings (SSSR count). The van der Waals surface area contributed by atoms with E-state index in [4.69, 9.17) is 4.74 Å². The molecule has 2 aliphatic rings. The fourth-order valence-electron chi connectivity index (χ4n) is 2.85. The van der Waals surface area contributed by atoms with Crippen LogP contribution in [0.3, 0.4) is 0 Å². The number of rotatable bonds is 4. The van der Waals surface area contributed by atoms with Gasteiger partial charge in [-0.3, -0.25) is 4.79 Å². The number of ether oxygens (including phenoxy) is 1. The van der Waals surface area contributed by atoms with Gasteiger partial charge in [-0.1, -0.05) is 17.4 Å². The summed E-state index contributed by atoms with van der Waals surface area (Å²) in [6.45, 7) is 1.49. The van der Waals surface area contributed by atoms with Crippen molar-refractivity contribution < 1.29 is 17.9 Å². The molecule has 0 radical (unpaired) electrons. The predicted octanol–water partition coefficient (Wildman–Crippen LogP) is 1.18. The van der Waals surface area contributed by atoms with Crippen LogP contribution in [-0.2, 0) is 19.4 Å². The maximum absolute atomic E-state index is 12.2. The molecule has 25 heavy (non-hydrogen) atoms. The maximum atomic E-state index is 12.2. The average Bonchev–Trinajstić information content (AvgIpc) is 3.28. The van der Waals surface area contributed by atoms with E-state index in [0.29, 0.717) is 31.3 Å². The number of morpholine rings is 1. The number of fused-ring (bicyclic) bond motifs is 1. The molecule has 2 fully saturated rings. The molecule has 1 aliphatic heterocycles. The molecule has 1 saturated carbocycles. The Morgan fingerprint density at radius 1 is 1.40 bits per heavy atom. The molecule has 1 N–H and O–H groups in total. The molecule has 2 heterocycles. The molecule has 1 aromatic heterocycles. The van der Waals surface area contributed by atoms with Gasteiger partial charge in [-0.2, -0.15) is 0 Å². The van der Waals surface area contributed by atoms with E-state index < -0.39 is 15.9 Å². The lowest BCUT2D eigenvalue weighted by Gasteiger charge is -2.31. The monoisotopic (exact) mass is 381 g/mol. The van der Waals surface area contributed by atoms with Crippen LogP contribution in [0.5, 0.6) is 0 Å². The van der Waals surface area contributed by atoms with Crippen molar-refractivity contribution in [3.63, 3.8) is 0 Å². The lowest BCUT2D eigenvalue weighted by Crippen LogP contribution is -2.50. The van der Waals surface area contributed by atoms with Crippen molar-refractivity contribution in [3.05, 3.63) is 18.2 Å². The van der Waals surface area contributed by atoms with E-state index in [9.17, 15) is 13.2 Å². The zero-order valence-electron chi connectivity index (χ0n) is 13.8. The fraction of sp³-hybridized carbons (Fsp3) is 0.500. The van der Waals surface area contributed by atoms with Crippen LogP contribution in [0.2, 0.25) is 0 Å². The molecule has 1 unspecified atom stereocenters. The third-order valence-electron chi connectivity index (χ3n) is 4.32. The number of thiazole rings is 1. The third-order valence-corrected chi connectivity index (χ3v) is 6.53. The second kappa shape index (κ2) is 6.22. The van der Waals surface area contributed by atoms with Gasteiger partial charge in [-0.05, 0) is 25.0 Å². The van der Waals surface area contributed by atoms with Crippen molar-refractivity contribution in [2.24, 2.45) is 0 Å². The smallest absolute Gasteiger partial charge is 0.251 e. The maximum Gasteiger partial charge on any atom is 0.251 e. The van der Waals surface area contributed by atoms with E-state index >= 15 is 0 Å². The largest absolute Gasteiger partial charge is 0.365 e. The first-order valence-corrected chi connectivity index (χ1v) is 10.9. The Labute approximate surface area is 149 Å². The minimum absolute atomic E-state index is 0.0786. The minimum Gasteiger partial charge on any atom is -0.365 e. The van der Waals surface area contributed by atoms with Crippen LogP contribution < -0.4 is 10.2 Å². The number of carbonyl (C=O) groups excluding carboxylic acids is 1. The van der Waals surface area contributed by atoms with Crippen molar-refractivity contribution in [3.8, 4) is 0 Å². The molecule has 134 valence electrons. The Balaban J connectivity index is 1.59. The second-order valence-corrected chi connectivity index (χ2v) is 9.45. The van der Waals surface area contributed by atoms with Crippen molar-refractivity contribution in [2.75, 3.05) is 30.9 Å². The molecule has 2 aromatic rings. The lowest BCUT2D eigenvalue weighted by atomic mass is 10.2. The molecule has 0 bridgehead atoms. The molecule has 1 aliphatic carbocycles. The summed E-state index contributed by atoms with van der Waals surface area (Å²) < 4.78 is 30.3. The highest BCUT2D eigenvalue weighted by atomic mass is 32.2. The van der Waals surface area contributed by atoms with Crippen molar-refractivity contribution in [2.45, 2.75) is 29.9 Å². The van der Waals surface area contributed by atoms with E-state index in [1.807, 2.05) is 11.0 Å². The van der Waals surface area contributed by atoms with Crippen LogP contribution in [0.4, 0.5) is 5.13 Å². The minimum atomic E-state index is -3.34. The molecule has 1 aromatic carbocycles. The van der Waals surface area contributed by atoms with Gasteiger partial charge in [0.1, 0.15) is 5.52 Å². The highest BCUT2D eigenvalue weighted by molar-refractivity contribution is 7.91. The van der Waals surface area contributed by atoms with Gasteiger partial charge >= 0.3 is 0 Å². The van der Waals surface area contributed by atoms with Gasteiger partial charge in [-0.15, -0.1) is 0 Å². The van der Waals surface area contributed by atoms with Crippen LogP contribution in [0.25, 0.3) is 10.2 Å². The summed E-state index contributed by atoms with van der Waals surface area (Å²) in [5, 5.41) is 3.69. The number of sulfone groups is 1. The van der Waals surface area contributed by atoms with Crippen LogP contribution in [0, 0.1) is 0 Å². The van der Waals surface area contributed by atoms with Crippen LogP contribution in [-0.4, -0.2) is 57.4 Å². The molecule has 9 heteroatoms. The van der Waals surface area contributed by atoms with E-state index in [1.54, 1.807) is 12.1 Å². The zero-order valence-corrected chi connectivity index (χ0v) is 15.4. The predicted molar refractivity (Wildman–Crippen MR) is 95.8 cm³/mol. The summed E-state index contributed by atoms with van der Waals surface area (Å²) in [7, 11) is -3.34. The van der Waals surface area contributed by atoms with Crippen LogP contribution in [0.1, 0.15) is 12.8 Å². The van der Waals surface area contributed by atoms with Gasteiger partial charge in [0.25, 0.3) is 5.91 Å². The van der Waals surface area contributed by atoms with Crippen molar-refractivity contribution in [1.29, 1.82) is 0 Å². The summed E-state index contributed by atoms with van der Waals surface area (Å²) >= 11 is 1.44. The van der Waals surface area contributed by atoms with E-state index in [1.165, 1.54) is 17.6 Å². The zero-order chi connectivity index (χ0) is 17.6. The van der Waals surface area contributed by atoms with Gasteiger partial charge in [0.15, 0.2) is 21.1 Å². The van der Waals surface area contributed by atoms with Crippen molar-refractivity contribution >= 4 is 42.4 Å². The molecule has 1 saturated heterocycles. The topological polar surface area (TPSA) is 88.6 Å². The Morgan fingerprint density at radius 3 is 2.92 bits per heavy atom. The number of hydrogen-bond acceptors (Lipinski definition) is 7. The highest BCUT2D eigenvalue weighted by Crippen LogP contribution is 2.33. The summed E-state index contributed by atoms with van der Waals surface area (Å²) in [5.74, 6) is -0.0786. The Kier molecular flexibility index (Phi) is 4.17. The summed E-state index contributed by atoms with van der Waals surface area (Å²) in [4.78, 5) is 19.0. The quantitative estimate of drug-likeness (QED) is 0.856. The normalized spacial score (nSPS) is 21.5. The molecule has 1 amide bonds. The number of benzene rings is 1. The SMILES string of the molecule is CS(=O)(=O)c1cccc2sc(N3CCOC(C(=O)NC4CC4)C3)nc12. The van der Waals surface area contributed by atoms with Crippen LogP contribution >= 0.6 is 11.3 Å². The fourth-order valence-corrected chi connectivity index (χ4v) is 4.77. The Bertz CT molecular complexity index is 921. The van der Waals surface area contributed by atoms with Crippen LogP contribution in [0.15, 0.2) is 23.1 Å². The number of amides is 1. The Hall–Kier alpha value is -1.71. The van der Waals surface area contributed by atoms with E-state index in [0.717, 1.165) is 22.7 Å². The average molecular weight is 381 g/mol. The Morgan fingerprint density at radius 2 is 2.20 bits per heavy atom. The first-order chi connectivity index (χ1) is 11.9. The summed E-state index contributed by atoms with van der Waals surface area (Å²) in [6.07, 6.45) is 2.74. The highest BCUT2D eigenvalue weighted by Gasteiger charge is 2.32. The lowest BCUT2D eigenvalue weighted by molar-refractivity contribution is -0.133.